The molecule has 150 valence electrons. The molecule has 1 heterocycles. The van der Waals surface area contributed by atoms with Crippen LogP contribution in [0.3, 0.4) is 0 Å². The van der Waals surface area contributed by atoms with Crippen LogP contribution in [-0.2, 0) is 0 Å². The van der Waals surface area contributed by atoms with Crippen molar-refractivity contribution < 1.29 is 23.8 Å². The van der Waals surface area contributed by atoms with Crippen molar-refractivity contribution >= 4 is 17.5 Å². The van der Waals surface area contributed by atoms with Gasteiger partial charge in [-0.1, -0.05) is 6.07 Å². The van der Waals surface area contributed by atoms with Gasteiger partial charge < -0.3 is 24.4 Å². The molecular formula is C20H25N3O5. The Hall–Kier alpha value is -3.29. The molecule has 0 atom stereocenters. The van der Waals surface area contributed by atoms with E-state index in [1.807, 2.05) is 13.8 Å². The van der Waals surface area contributed by atoms with E-state index in [0.717, 1.165) is 0 Å². The van der Waals surface area contributed by atoms with Gasteiger partial charge in [0.15, 0.2) is 11.5 Å². The van der Waals surface area contributed by atoms with E-state index in [1.165, 1.54) is 21.3 Å². The second kappa shape index (κ2) is 9.59. The number of nitrogens with zero attached hydrogens (tertiary/aromatic N) is 2. The van der Waals surface area contributed by atoms with Gasteiger partial charge in [0.1, 0.15) is 11.4 Å². The van der Waals surface area contributed by atoms with Gasteiger partial charge in [-0.25, -0.2) is 4.98 Å². The molecule has 1 aromatic carbocycles. The number of ether oxygens (including phenoxy) is 3. The fourth-order valence-electron chi connectivity index (χ4n) is 2.70. The summed E-state index contributed by atoms with van der Waals surface area (Å²) in [6.45, 7) is 4.92. The van der Waals surface area contributed by atoms with E-state index in [0.29, 0.717) is 36.0 Å². The minimum Gasteiger partial charge on any atom is -0.493 e. The molecule has 0 bridgehead atoms. The van der Waals surface area contributed by atoms with Gasteiger partial charge in [-0.3, -0.25) is 9.59 Å². The summed E-state index contributed by atoms with van der Waals surface area (Å²) in [4.78, 5) is 31.0. The third-order valence-corrected chi connectivity index (χ3v) is 4.17. The van der Waals surface area contributed by atoms with Gasteiger partial charge in [0.25, 0.3) is 11.8 Å². The summed E-state index contributed by atoms with van der Waals surface area (Å²) >= 11 is 0. The van der Waals surface area contributed by atoms with Crippen LogP contribution >= 0.6 is 0 Å². The molecule has 2 amide bonds. The molecule has 0 unspecified atom stereocenters. The smallest absolute Gasteiger partial charge is 0.274 e. The maximum Gasteiger partial charge on any atom is 0.274 e. The van der Waals surface area contributed by atoms with Crippen molar-refractivity contribution in [1.82, 2.24) is 9.88 Å². The third-order valence-electron chi connectivity index (χ3n) is 4.17. The summed E-state index contributed by atoms with van der Waals surface area (Å²) < 4.78 is 15.8. The molecule has 0 radical (unpaired) electrons. The highest BCUT2D eigenvalue weighted by Gasteiger charge is 2.18. The van der Waals surface area contributed by atoms with E-state index in [-0.39, 0.29) is 17.3 Å². The van der Waals surface area contributed by atoms with E-state index in [9.17, 15) is 9.59 Å². The van der Waals surface area contributed by atoms with Crippen LogP contribution in [0.25, 0.3) is 0 Å². The number of methoxy groups -OCH3 is 3. The Morgan fingerprint density at radius 1 is 0.964 bits per heavy atom. The number of hydrogen-bond donors (Lipinski definition) is 1. The first-order chi connectivity index (χ1) is 13.5. The number of nitrogens with one attached hydrogen (secondary N) is 1. The second-order valence-electron chi connectivity index (χ2n) is 5.75. The van der Waals surface area contributed by atoms with Gasteiger partial charge in [-0.15, -0.1) is 0 Å². The average Bonchev–Trinajstić information content (AvgIpc) is 2.73. The number of amides is 2. The number of carbonyl (C=O) groups excluding carboxylic acids is 2. The van der Waals surface area contributed by atoms with Crippen LogP contribution in [0, 0.1) is 0 Å². The normalized spacial score (nSPS) is 10.2. The van der Waals surface area contributed by atoms with Gasteiger partial charge in [0.05, 0.1) is 21.3 Å². The molecule has 2 aromatic rings. The van der Waals surface area contributed by atoms with Crippen LogP contribution in [-0.4, -0.2) is 56.1 Å². The third kappa shape index (κ3) is 4.51. The van der Waals surface area contributed by atoms with Crippen molar-refractivity contribution in [2.24, 2.45) is 0 Å². The largest absolute Gasteiger partial charge is 0.493 e. The SMILES string of the molecule is CCN(CC)C(=O)c1cccc(C(=O)Nc2cc(OC)c(OC)c(OC)c2)n1. The lowest BCUT2D eigenvalue weighted by Crippen LogP contribution is -2.31. The number of hydrogen-bond acceptors (Lipinski definition) is 6. The molecule has 1 aromatic heterocycles. The minimum absolute atomic E-state index is 0.131. The molecule has 0 saturated carbocycles. The Balaban J connectivity index is 2.28. The lowest BCUT2D eigenvalue weighted by atomic mass is 10.2. The molecule has 0 aliphatic heterocycles. The molecule has 0 aliphatic rings. The maximum atomic E-state index is 12.6. The summed E-state index contributed by atoms with van der Waals surface area (Å²) in [5.41, 5.74) is 0.801. The summed E-state index contributed by atoms with van der Waals surface area (Å²) in [6.07, 6.45) is 0. The molecule has 0 saturated heterocycles. The molecule has 8 heteroatoms. The van der Waals surface area contributed by atoms with E-state index in [2.05, 4.69) is 10.3 Å². The number of carbonyl (C=O) groups is 2. The van der Waals surface area contributed by atoms with Crippen LogP contribution in [0.2, 0.25) is 0 Å². The summed E-state index contributed by atoms with van der Waals surface area (Å²) in [6, 6.07) is 8.01. The number of benzene rings is 1. The van der Waals surface area contributed by atoms with Crippen LogP contribution in [0.1, 0.15) is 34.8 Å². The van der Waals surface area contributed by atoms with Gasteiger partial charge >= 0.3 is 0 Å². The molecule has 28 heavy (non-hydrogen) atoms. The average molecular weight is 387 g/mol. The van der Waals surface area contributed by atoms with Crippen molar-refractivity contribution in [2.45, 2.75) is 13.8 Å². The number of rotatable bonds is 8. The van der Waals surface area contributed by atoms with E-state index >= 15 is 0 Å². The highest BCUT2D eigenvalue weighted by molar-refractivity contribution is 6.04. The van der Waals surface area contributed by atoms with Gasteiger partial charge in [-0.2, -0.15) is 0 Å². The van der Waals surface area contributed by atoms with Gasteiger partial charge in [0.2, 0.25) is 5.75 Å². The number of pyridine rings is 1. The molecule has 2 rings (SSSR count). The van der Waals surface area contributed by atoms with Crippen LogP contribution in [0.4, 0.5) is 5.69 Å². The molecule has 8 nitrogen and oxygen atoms in total. The molecule has 0 fully saturated rings. The lowest BCUT2D eigenvalue weighted by molar-refractivity contribution is 0.0767. The monoisotopic (exact) mass is 387 g/mol. The lowest BCUT2D eigenvalue weighted by Gasteiger charge is -2.18. The van der Waals surface area contributed by atoms with Crippen LogP contribution in [0.15, 0.2) is 30.3 Å². The maximum absolute atomic E-state index is 12.6. The van der Waals surface area contributed by atoms with E-state index in [1.54, 1.807) is 35.2 Å². The van der Waals surface area contributed by atoms with Gasteiger partial charge in [-0.05, 0) is 26.0 Å². The van der Waals surface area contributed by atoms with E-state index < -0.39 is 5.91 Å². The van der Waals surface area contributed by atoms with Crippen molar-refractivity contribution in [1.29, 1.82) is 0 Å². The Morgan fingerprint density at radius 3 is 2.04 bits per heavy atom. The van der Waals surface area contributed by atoms with Crippen molar-refractivity contribution in [3.63, 3.8) is 0 Å². The Kier molecular flexibility index (Phi) is 7.20. The van der Waals surface area contributed by atoms with Crippen molar-refractivity contribution in [2.75, 3.05) is 39.7 Å². The van der Waals surface area contributed by atoms with Crippen LogP contribution < -0.4 is 19.5 Å². The highest BCUT2D eigenvalue weighted by Crippen LogP contribution is 2.39. The topological polar surface area (TPSA) is 90.0 Å². The highest BCUT2D eigenvalue weighted by atomic mass is 16.5. The first kappa shape index (κ1) is 21.0. The molecule has 0 aliphatic carbocycles. The first-order valence-electron chi connectivity index (χ1n) is 8.86. The van der Waals surface area contributed by atoms with E-state index in [4.69, 9.17) is 14.2 Å². The second-order valence-corrected chi connectivity index (χ2v) is 5.75. The van der Waals surface area contributed by atoms with Gasteiger partial charge in [0, 0.05) is 30.9 Å². The van der Waals surface area contributed by atoms with Crippen molar-refractivity contribution in [3.05, 3.63) is 41.7 Å². The standard InChI is InChI=1S/C20H25N3O5/c1-6-23(7-2)20(25)15-10-8-9-14(22-15)19(24)21-13-11-16(26-3)18(28-5)17(12-13)27-4/h8-12H,6-7H2,1-5H3,(H,21,24). The zero-order valence-electron chi connectivity index (χ0n) is 16.7. The number of aromatic nitrogens is 1. The predicted molar refractivity (Wildman–Crippen MR) is 106 cm³/mol. The minimum atomic E-state index is -0.455. The predicted octanol–water partition coefficient (Wildman–Crippen LogP) is 2.84. The quantitative estimate of drug-likeness (QED) is 0.749. The van der Waals surface area contributed by atoms with Crippen molar-refractivity contribution in [3.8, 4) is 17.2 Å². The summed E-state index contributed by atoms with van der Waals surface area (Å²) in [7, 11) is 4.49. The Morgan fingerprint density at radius 2 is 1.54 bits per heavy atom. The van der Waals surface area contributed by atoms with Crippen LogP contribution in [0.5, 0.6) is 17.2 Å². The first-order valence-corrected chi connectivity index (χ1v) is 8.86. The summed E-state index contributed by atoms with van der Waals surface area (Å²) in [5, 5.41) is 2.74. The fraction of sp³-hybridized carbons (Fsp3) is 0.350. The Bertz CT molecular complexity index is 824. The molecule has 0 spiro atoms. The molecular weight excluding hydrogens is 362 g/mol. The zero-order valence-corrected chi connectivity index (χ0v) is 16.7. The summed E-state index contributed by atoms with van der Waals surface area (Å²) in [5.74, 6) is 0.579. The number of anilines is 1. The Labute approximate surface area is 164 Å². The zero-order chi connectivity index (χ0) is 20.7. The fourth-order valence-corrected chi connectivity index (χ4v) is 2.70. The molecule has 1 N–H and O–H groups in total.